The Balaban J connectivity index is 1.52. The second kappa shape index (κ2) is 10.9. The maximum absolute atomic E-state index is 13.8. The summed E-state index contributed by atoms with van der Waals surface area (Å²) in [5, 5.41) is 4.02. The molecule has 2 nitrogen and oxygen atoms in total. The number of halogens is 3. The molecule has 0 radical (unpaired) electrons. The quantitative estimate of drug-likeness (QED) is 0.353. The van der Waals surface area contributed by atoms with Crippen molar-refractivity contribution < 1.29 is 9.18 Å². The van der Waals surface area contributed by atoms with Crippen LogP contribution in [0.2, 0.25) is 10.0 Å². The van der Waals surface area contributed by atoms with Crippen LogP contribution in [0, 0.1) is 5.82 Å². The predicted molar refractivity (Wildman–Crippen MR) is 124 cm³/mol. The summed E-state index contributed by atoms with van der Waals surface area (Å²) in [7, 11) is 0. The molecule has 0 aliphatic heterocycles. The molecule has 0 saturated carbocycles. The van der Waals surface area contributed by atoms with Crippen LogP contribution in [-0.2, 0) is 16.3 Å². The van der Waals surface area contributed by atoms with Crippen molar-refractivity contribution in [2.24, 2.45) is 0 Å². The zero-order valence-electron chi connectivity index (χ0n) is 15.3. The smallest absolute Gasteiger partial charge is 0.234 e. The minimum atomic E-state index is -0.352. The average molecular weight is 466 g/mol. The number of hydrogen-bond acceptors (Lipinski definition) is 3. The van der Waals surface area contributed by atoms with E-state index < -0.39 is 0 Å². The molecule has 0 aliphatic carbocycles. The highest BCUT2D eigenvalue weighted by molar-refractivity contribution is 7.99. The fraction of sp³-hybridized carbons (Fsp3) is 0.136. The second-order valence-electron chi connectivity index (χ2n) is 6.19. The van der Waals surface area contributed by atoms with Gasteiger partial charge in [0.15, 0.2) is 0 Å². The van der Waals surface area contributed by atoms with Crippen LogP contribution < -0.4 is 5.32 Å². The highest BCUT2D eigenvalue weighted by atomic mass is 35.5. The molecule has 0 fully saturated rings. The van der Waals surface area contributed by atoms with Gasteiger partial charge in [-0.1, -0.05) is 53.5 Å². The van der Waals surface area contributed by atoms with Crippen molar-refractivity contribution >= 4 is 58.3 Å². The lowest BCUT2D eigenvalue weighted by atomic mass is 10.2. The van der Waals surface area contributed by atoms with Crippen LogP contribution in [0.5, 0.6) is 0 Å². The van der Waals surface area contributed by atoms with E-state index in [1.807, 2.05) is 48.5 Å². The van der Waals surface area contributed by atoms with Crippen LogP contribution >= 0.6 is 46.7 Å². The Labute approximate surface area is 188 Å². The topological polar surface area (TPSA) is 29.1 Å². The van der Waals surface area contributed by atoms with Gasteiger partial charge >= 0.3 is 0 Å². The zero-order chi connectivity index (χ0) is 20.6. The zero-order valence-corrected chi connectivity index (χ0v) is 18.5. The molecule has 0 bridgehead atoms. The standard InChI is InChI=1S/C22H18Cl2FNOS2/c23-17-8-5-15(6-9-17)12-29-21-4-2-1-3-20(21)26-22(27)14-28-13-16-7-10-18(24)11-19(16)25/h1-11H,12-14H2,(H,26,27). The van der Waals surface area contributed by atoms with Crippen molar-refractivity contribution in [1.29, 1.82) is 0 Å². The molecule has 1 N–H and O–H groups in total. The van der Waals surface area contributed by atoms with Crippen LogP contribution in [0.3, 0.4) is 0 Å². The lowest BCUT2D eigenvalue weighted by Crippen LogP contribution is -2.14. The minimum Gasteiger partial charge on any atom is -0.324 e. The summed E-state index contributed by atoms with van der Waals surface area (Å²) < 4.78 is 13.8. The van der Waals surface area contributed by atoms with Crippen molar-refractivity contribution in [2.75, 3.05) is 11.1 Å². The van der Waals surface area contributed by atoms with Crippen molar-refractivity contribution in [3.8, 4) is 0 Å². The summed E-state index contributed by atoms with van der Waals surface area (Å²) in [5.41, 5.74) is 2.46. The fourth-order valence-corrected chi connectivity index (χ4v) is 4.58. The highest BCUT2D eigenvalue weighted by Gasteiger charge is 2.09. The Morgan fingerprint density at radius 3 is 2.41 bits per heavy atom. The molecule has 7 heteroatoms. The maximum atomic E-state index is 13.8. The van der Waals surface area contributed by atoms with Crippen molar-refractivity contribution in [2.45, 2.75) is 16.4 Å². The molecule has 1 amide bonds. The number of thioether (sulfide) groups is 2. The van der Waals surface area contributed by atoms with E-state index >= 15 is 0 Å². The van der Waals surface area contributed by atoms with Crippen LogP contribution in [0.1, 0.15) is 11.1 Å². The molecule has 3 aromatic rings. The third-order valence-corrected chi connectivity index (χ3v) is 6.59. The summed E-state index contributed by atoms with van der Waals surface area (Å²) >= 11 is 14.7. The summed E-state index contributed by atoms with van der Waals surface area (Å²) in [6, 6.07) is 20.0. The maximum Gasteiger partial charge on any atom is 0.234 e. The molecule has 3 aromatic carbocycles. The molecular formula is C22H18Cl2FNOS2. The first kappa shape index (κ1) is 22.0. The largest absolute Gasteiger partial charge is 0.324 e. The number of carbonyl (C=O) groups is 1. The molecule has 0 atom stereocenters. The molecule has 29 heavy (non-hydrogen) atoms. The van der Waals surface area contributed by atoms with E-state index in [1.165, 1.54) is 17.8 Å². The lowest BCUT2D eigenvalue weighted by molar-refractivity contribution is -0.113. The number of hydrogen-bond donors (Lipinski definition) is 1. The molecule has 3 rings (SSSR count). The number of benzene rings is 3. The van der Waals surface area contributed by atoms with Gasteiger partial charge in [-0.15, -0.1) is 23.5 Å². The summed E-state index contributed by atoms with van der Waals surface area (Å²) in [6.45, 7) is 0. The molecule has 0 aliphatic rings. The second-order valence-corrected chi connectivity index (χ2v) is 9.06. The van der Waals surface area contributed by atoms with Gasteiger partial charge < -0.3 is 5.32 Å². The van der Waals surface area contributed by atoms with E-state index in [4.69, 9.17) is 23.2 Å². The number of carbonyl (C=O) groups excluding carboxylic acids is 1. The molecule has 0 saturated heterocycles. The van der Waals surface area contributed by atoms with Crippen molar-refractivity contribution in [1.82, 2.24) is 0 Å². The molecular weight excluding hydrogens is 448 g/mol. The summed E-state index contributed by atoms with van der Waals surface area (Å²) in [5.74, 6) is 0.939. The molecule has 0 unspecified atom stereocenters. The third kappa shape index (κ3) is 6.96. The Bertz CT molecular complexity index is 983. The van der Waals surface area contributed by atoms with Crippen molar-refractivity contribution in [3.63, 3.8) is 0 Å². The Hall–Kier alpha value is -1.66. The van der Waals surface area contributed by atoms with Gasteiger partial charge in [0.2, 0.25) is 5.91 Å². The van der Waals surface area contributed by atoms with Crippen LogP contribution in [0.25, 0.3) is 0 Å². The van der Waals surface area contributed by atoms with Gasteiger partial charge in [-0.05, 0) is 47.5 Å². The number of amides is 1. The number of nitrogens with one attached hydrogen (secondary N) is 1. The first-order chi connectivity index (χ1) is 14.0. The average Bonchev–Trinajstić information content (AvgIpc) is 2.70. The number of para-hydroxylation sites is 1. The van der Waals surface area contributed by atoms with Gasteiger partial charge in [0.05, 0.1) is 11.4 Å². The normalized spacial score (nSPS) is 10.7. The molecule has 150 valence electrons. The molecule has 0 aromatic heterocycles. The van der Waals surface area contributed by atoms with E-state index in [-0.39, 0.29) is 17.5 Å². The Morgan fingerprint density at radius 1 is 0.931 bits per heavy atom. The SMILES string of the molecule is O=C(CSCc1ccc(Cl)cc1F)Nc1ccccc1SCc1ccc(Cl)cc1. The van der Waals surface area contributed by atoms with Gasteiger partial charge in [-0.2, -0.15) is 0 Å². The highest BCUT2D eigenvalue weighted by Crippen LogP contribution is 2.30. The molecule has 0 spiro atoms. The third-order valence-electron chi connectivity index (χ3n) is 3.97. The Kier molecular flexibility index (Phi) is 8.30. The Morgan fingerprint density at radius 2 is 1.66 bits per heavy atom. The van der Waals surface area contributed by atoms with Gasteiger partial charge in [-0.25, -0.2) is 4.39 Å². The van der Waals surface area contributed by atoms with Crippen LogP contribution in [0.4, 0.5) is 10.1 Å². The van der Waals surface area contributed by atoms with E-state index in [2.05, 4.69) is 5.32 Å². The van der Waals surface area contributed by atoms with E-state index in [1.54, 1.807) is 23.9 Å². The van der Waals surface area contributed by atoms with Crippen molar-refractivity contribution in [3.05, 3.63) is 93.7 Å². The lowest BCUT2D eigenvalue weighted by Gasteiger charge is -2.11. The number of rotatable bonds is 8. The van der Waals surface area contributed by atoms with Crippen LogP contribution in [-0.4, -0.2) is 11.7 Å². The van der Waals surface area contributed by atoms with Gasteiger partial charge in [-0.3, -0.25) is 4.79 Å². The van der Waals surface area contributed by atoms with E-state index in [0.717, 1.165) is 21.9 Å². The first-order valence-electron chi connectivity index (χ1n) is 8.79. The molecule has 0 heterocycles. The summed E-state index contributed by atoms with van der Waals surface area (Å²) in [4.78, 5) is 13.3. The van der Waals surface area contributed by atoms with Crippen LogP contribution in [0.15, 0.2) is 71.6 Å². The van der Waals surface area contributed by atoms with Gasteiger partial charge in [0.1, 0.15) is 5.82 Å². The first-order valence-corrected chi connectivity index (χ1v) is 11.7. The fourth-order valence-electron chi connectivity index (χ4n) is 2.52. The van der Waals surface area contributed by atoms with Gasteiger partial charge in [0, 0.05) is 26.4 Å². The summed E-state index contributed by atoms with van der Waals surface area (Å²) in [6.07, 6.45) is 0. The minimum absolute atomic E-state index is 0.121. The predicted octanol–water partition coefficient (Wildman–Crippen LogP) is 7.30. The van der Waals surface area contributed by atoms with Gasteiger partial charge in [0.25, 0.3) is 0 Å². The van der Waals surface area contributed by atoms with E-state index in [9.17, 15) is 9.18 Å². The monoisotopic (exact) mass is 465 g/mol. The van der Waals surface area contributed by atoms with E-state index in [0.29, 0.717) is 21.4 Å². The number of anilines is 1.